The van der Waals surface area contributed by atoms with Gasteiger partial charge in [0.2, 0.25) is 5.72 Å². The number of carbonyl (C=O) groups is 2. The highest BCUT2D eigenvalue weighted by atomic mass is 16.6. The molecule has 2 amide bonds. The SMILES string of the molecule is CN1C(=O)OC[C@@]12OC[C@H](NC(=O)OCc1ccccc1)[C@H]2O. The fourth-order valence-electron chi connectivity index (χ4n) is 2.70. The van der Waals surface area contributed by atoms with Crippen molar-refractivity contribution in [2.75, 3.05) is 20.3 Å². The van der Waals surface area contributed by atoms with Crippen LogP contribution in [0.2, 0.25) is 0 Å². The molecule has 2 aliphatic rings. The van der Waals surface area contributed by atoms with Crippen molar-refractivity contribution in [3.05, 3.63) is 35.9 Å². The Morgan fingerprint density at radius 1 is 1.48 bits per heavy atom. The van der Waals surface area contributed by atoms with Crippen molar-refractivity contribution in [2.24, 2.45) is 0 Å². The van der Waals surface area contributed by atoms with E-state index in [1.54, 1.807) is 0 Å². The highest BCUT2D eigenvalue weighted by molar-refractivity contribution is 5.71. The number of hydrogen-bond donors (Lipinski definition) is 2. The molecule has 8 nitrogen and oxygen atoms in total. The average Bonchev–Trinajstić information content (AvgIpc) is 3.03. The van der Waals surface area contributed by atoms with Gasteiger partial charge in [0.15, 0.2) is 0 Å². The number of aliphatic hydroxyl groups excluding tert-OH is 1. The molecule has 0 unspecified atom stereocenters. The van der Waals surface area contributed by atoms with Crippen LogP contribution in [0.4, 0.5) is 9.59 Å². The summed E-state index contributed by atoms with van der Waals surface area (Å²) in [5.74, 6) is 0. The van der Waals surface area contributed by atoms with Crippen LogP contribution in [0.1, 0.15) is 5.56 Å². The quantitative estimate of drug-likeness (QED) is 0.839. The number of benzene rings is 1. The molecule has 0 aliphatic carbocycles. The molecular formula is C15H18N2O6. The minimum absolute atomic E-state index is 0.0581. The van der Waals surface area contributed by atoms with E-state index in [4.69, 9.17) is 14.2 Å². The van der Waals surface area contributed by atoms with Crippen molar-refractivity contribution < 1.29 is 28.9 Å². The molecule has 0 bridgehead atoms. The summed E-state index contributed by atoms with van der Waals surface area (Å²) in [6.45, 7) is 0.103. The first kappa shape index (κ1) is 15.6. The summed E-state index contributed by atoms with van der Waals surface area (Å²) in [4.78, 5) is 24.5. The van der Waals surface area contributed by atoms with E-state index in [0.29, 0.717) is 0 Å². The van der Waals surface area contributed by atoms with E-state index >= 15 is 0 Å². The number of carbonyl (C=O) groups excluding carboxylic acids is 2. The normalized spacial score (nSPS) is 29.7. The van der Waals surface area contributed by atoms with Crippen LogP contribution in [0.3, 0.4) is 0 Å². The van der Waals surface area contributed by atoms with Crippen molar-refractivity contribution in [3.8, 4) is 0 Å². The third-order valence-corrected chi connectivity index (χ3v) is 4.12. The van der Waals surface area contributed by atoms with Gasteiger partial charge in [-0.05, 0) is 5.56 Å². The van der Waals surface area contributed by atoms with Gasteiger partial charge in [-0.25, -0.2) is 9.59 Å². The van der Waals surface area contributed by atoms with Crippen LogP contribution in [-0.2, 0) is 20.8 Å². The second kappa shape index (κ2) is 6.05. The number of cyclic esters (lactones) is 1. The minimum atomic E-state index is -1.26. The highest BCUT2D eigenvalue weighted by Gasteiger charge is 2.59. The fraction of sp³-hybridized carbons (Fsp3) is 0.467. The first-order valence-electron chi connectivity index (χ1n) is 7.23. The zero-order valence-corrected chi connectivity index (χ0v) is 12.6. The summed E-state index contributed by atoms with van der Waals surface area (Å²) in [7, 11) is 1.48. The maximum atomic E-state index is 11.9. The van der Waals surface area contributed by atoms with Gasteiger partial charge in [-0.15, -0.1) is 0 Å². The van der Waals surface area contributed by atoms with E-state index in [2.05, 4.69) is 5.32 Å². The summed E-state index contributed by atoms with van der Waals surface area (Å²) in [6, 6.07) is 8.56. The molecule has 3 atom stereocenters. The number of ether oxygens (including phenoxy) is 3. The molecule has 0 aromatic heterocycles. The number of alkyl carbamates (subject to hydrolysis) is 1. The standard InChI is InChI=1S/C15H18N2O6/c1-17-14(20)22-9-15(17)12(18)11(8-23-15)16-13(19)21-7-10-5-3-2-4-6-10/h2-6,11-12,18H,7-9H2,1H3,(H,16,19)/t11-,12+,15-/m0/s1. The van der Waals surface area contributed by atoms with Crippen LogP contribution in [0.5, 0.6) is 0 Å². The monoisotopic (exact) mass is 322 g/mol. The zero-order chi connectivity index (χ0) is 16.4. The molecule has 2 saturated heterocycles. The molecule has 2 heterocycles. The molecular weight excluding hydrogens is 304 g/mol. The largest absolute Gasteiger partial charge is 0.445 e. The van der Waals surface area contributed by atoms with E-state index < -0.39 is 30.1 Å². The second-order valence-electron chi connectivity index (χ2n) is 5.53. The topological polar surface area (TPSA) is 97.3 Å². The van der Waals surface area contributed by atoms with E-state index in [-0.39, 0.29) is 19.8 Å². The Morgan fingerprint density at radius 2 is 2.22 bits per heavy atom. The number of amides is 2. The van der Waals surface area contributed by atoms with Gasteiger partial charge in [0.25, 0.3) is 0 Å². The van der Waals surface area contributed by atoms with E-state index in [9.17, 15) is 14.7 Å². The first-order chi connectivity index (χ1) is 11.0. The number of aliphatic hydroxyl groups is 1. The number of likely N-dealkylation sites (N-methyl/N-ethyl adjacent to an activating group) is 1. The summed E-state index contributed by atoms with van der Waals surface area (Å²) in [5, 5.41) is 12.9. The van der Waals surface area contributed by atoms with Crippen molar-refractivity contribution >= 4 is 12.2 Å². The molecule has 0 radical (unpaired) electrons. The number of nitrogens with zero attached hydrogens (tertiary/aromatic N) is 1. The Labute approximate surface area is 132 Å². The minimum Gasteiger partial charge on any atom is -0.445 e. The van der Waals surface area contributed by atoms with Gasteiger partial charge in [-0.1, -0.05) is 30.3 Å². The number of nitrogens with one attached hydrogen (secondary N) is 1. The molecule has 0 saturated carbocycles. The maximum Gasteiger partial charge on any atom is 0.412 e. The molecule has 1 aromatic carbocycles. The van der Waals surface area contributed by atoms with Crippen LogP contribution in [0.15, 0.2) is 30.3 Å². The van der Waals surface area contributed by atoms with Gasteiger partial charge in [-0.3, -0.25) is 4.90 Å². The Hall–Kier alpha value is -2.32. The molecule has 2 N–H and O–H groups in total. The molecule has 3 rings (SSSR count). The molecule has 23 heavy (non-hydrogen) atoms. The maximum absolute atomic E-state index is 11.9. The third-order valence-electron chi connectivity index (χ3n) is 4.12. The Morgan fingerprint density at radius 3 is 2.87 bits per heavy atom. The first-order valence-corrected chi connectivity index (χ1v) is 7.23. The summed E-state index contributed by atoms with van der Waals surface area (Å²) < 4.78 is 15.5. The van der Waals surface area contributed by atoms with Crippen LogP contribution in [0.25, 0.3) is 0 Å². The van der Waals surface area contributed by atoms with Crippen molar-refractivity contribution in [1.29, 1.82) is 0 Å². The van der Waals surface area contributed by atoms with Crippen LogP contribution < -0.4 is 5.32 Å². The van der Waals surface area contributed by atoms with Gasteiger partial charge in [0.05, 0.1) is 12.6 Å². The average molecular weight is 322 g/mol. The molecule has 8 heteroatoms. The van der Waals surface area contributed by atoms with Gasteiger partial charge >= 0.3 is 12.2 Å². The van der Waals surface area contributed by atoms with Gasteiger partial charge in [0.1, 0.15) is 19.3 Å². The van der Waals surface area contributed by atoms with Crippen LogP contribution >= 0.6 is 0 Å². The predicted octanol–water partition coefficient (Wildman–Crippen LogP) is 0.451. The van der Waals surface area contributed by atoms with E-state index in [1.807, 2.05) is 30.3 Å². The predicted molar refractivity (Wildman–Crippen MR) is 77.4 cm³/mol. The van der Waals surface area contributed by atoms with E-state index in [0.717, 1.165) is 5.56 Å². The smallest absolute Gasteiger partial charge is 0.412 e. The fourth-order valence-corrected chi connectivity index (χ4v) is 2.70. The molecule has 2 aliphatic heterocycles. The lowest BCUT2D eigenvalue weighted by atomic mass is 10.0. The molecule has 2 fully saturated rings. The summed E-state index contributed by atoms with van der Waals surface area (Å²) >= 11 is 0. The van der Waals surface area contributed by atoms with Crippen molar-refractivity contribution in [1.82, 2.24) is 10.2 Å². The third kappa shape index (κ3) is 2.82. The lowest BCUT2D eigenvalue weighted by Crippen LogP contribution is -2.56. The molecule has 124 valence electrons. The second-order valence-corrected chi connectivity index (χ2v) is 5.53. The lowest BCUT2D eigenvalue weighted by molar-refractivity contribution is -0.124. The lowest BCUT2D eigenvalue weighted by Gasteiger charge is -2.31. The van der Waals surface area contributed by atoms with Gasteiger partial charge in [0, 0.05) is 7.05 Å². The Balaban J connectivity index is 1.55. The van der Waals surface area contributed by atoms with Gasteiger partial charge in [-0.2, -0.15) is 0 Å². The highest BCUT2D eigenvalue weighted by Crippen LogP contribution is 2.34. The van der Waals surface area contributed by atoms with Crippen LogP contribution in [-0.4, -0.2) is 60.3 Å². The van der Waals surface area contributed by atoms with Gasteiger partial charge < -0.3 is 24.6 Å². The summed E-state index contributed by atoms with van der Waals surface area (Å²) in [5.41, 5.74) is -0.397. The van der Waals surface area contributed by atoms with E-state index in [1.165, 1.54) is 11.9 Å². The molecule has 1 spiro atoms. The van der Waals surface area contributed by atoms with Crippen molar-refractivity contribution in [3.63, 3.8) is 0 Å². The van der Waals surface area contributed by atoms with Crippen LogP contribution in [0, 0.1) is 0 Å². The molecule has 1 aromatic rings. The number of rotatable bonds is 3. The number of hydrogen-bond acceptors (Lipinski definition) is 6. The zero-order valence-electron chi connectivity index (χ0n) is 12.6. The summed E-state index contributed by atoms with van der Waals surface area (Å²) in [6.07, 6.45) is -2.34. The van der Waals surface area contributed by atoms with Crippen molar-refractivity contribution in [2.45, 2.75) is 24.5 Å². The Kier molecular flexibility index (Phi) is 4.10. The Bertz CT molecular complexity index is 595.